The number of aromatic nitrogens is 2. The van der Waals surface area contributed by atoms with Gasteiger partial charge in [0.2, 0.25) is 5.89 Å². The highest BCUT2D eigenvalue weighted by Crippen LogP contribution is 2.29. The molecule has 0 atom stereocenters. The van der Waals surface area contributed by atoms with Crippen LogP contribution in [0.5, 0.6) is 5.75 Å². The van der Waals surface area contributed by atoms with Crippen LogP contribution in [-0.4, -0.2) is 29.0 Å². The third-order valence-electron chi connectivity index (χ3n) is 3.99. The van der Waals surface area contributed by atoms with Gasteiger partial charge < -0.3 is 13.6 Å². The third-order valence-corrected chi connectivity index (χ3v) is 4.72. The average molecular weight is 395 g/mol. The van der Waals surface area contributed by atoms with Crippen LogP contribution in [0.2, 0.25) is 0 Å². The molecule has 0 saturated carbocycles. The summed E-state index contributed by atoms with van der Waals surface area (Å²) >= 11 is 1.62. The Morgan fingerprint density at radius 3 is 2.82 bits per heavy atom. The standard InChI is InChI=1S/C20H17N3O4S/c1-3-25-15-9-5-6-12-11-16(26-17(12)15)18(24)21-20-23-22-19(27-20)13-7-4-8-14(10-13)28-2/h4-11H,3H2,1-2H3,(H,21,23,24). The van der Waals surface area contributed by atoms with Gasteiger partial charge in [-0.15, -0.1) is 16.9 Å². The molecular formula is C20H17N3O4S. The van der Waals surface area contributed by atoms with Gasteiger partial charge in [0.1, 0.15) is 0 Å². The number of nitrogens with zero attached hydrogens (tertiary/aromatic N) is 2. The smallest absolute Gasteiger partial charge is 0.322 e. The summed E-state index contributed by atoms with van der Waals surface area (Å²) in [4.78, 5) is 13.6. The minimum absolute atomic E-state index is 0.0000392. The number of nitrogens with one attached hydrogen (secondary N) is 1. The van der Waals surface area contributed by atoms with E-state index in [4.69, 9.17) is 13.6 Å². The number of rotatable bonds is 6. The van der Waals surface area contributed by atoms with Gasteiger partial charge in [-0.3, -0.25) is 10.1 Å². The zero-order valence-electron chi connectivity index (χ0n) is 15.3. The molecule has 4 aromatic rings. The minimum atomic E-state index is -0.480. The van der Waals surface area contributed by atoms with E-state index in [9.17, 15) is 4.79 Å². The van der Waals surface area contributed by atoms with Gasteiger partial charge in [0, 0.05) is 15.8 Å². The zero-order valence-corrected chi connectivity index (χ0v) is 16.1. The number of furan rings is 1. The van der Waals surface area contributed by atoms with Gasteiger partial charge >= 0.3 is 6.01 Å². The highest BCUT2D eigenvalue weighted by atomic mass is 32.2. The zero-order chi connectivity index (χ0) is 19.5. The number of fused-ring (bicyclic) bond motifs is 1. The molecule has 0 spiro atoms. The molecule has 8 heteroatoms. The van der Waals surface area contributed by atoms with Crippen molar-refractivity contribution >= 4 is 34.7 Å². The molecule has 2 aromatic carbocycles. The fraction of sp³-hybridized carbons (Fsp3) is 0.150. The topological polar surface area (TPSA) is 90.4 Å². The molecule has 2 aromatic heterocycles. The lowest BCUT2D eigenvalue weighted by molar-refractivity contribution is 0.0995. The fourth-order valence-corrected chi connectivity index (χ4v) is 3.18. The number of ether oxygens (including phenoxy) is 1. The van der Waals surface area contributed by atoms with E-state index in [-0.39, 0.29) is 11.8 Å². The van der Waals surface area contributed by atoms with Gasteiger partial charge in [-0.05, 0) is 43.5 Å². The first-order valence-electron chi connectivity index (χ1n) is 8.62. The number of hydrogen-bond acceptors (Lipinski definition) is 7. The van der Waals surface area contributed by atoms with Crippen molar-refractivity contribution in [3.63, 3.8) is 0 Å². The number of benzene rings is 2. The molecule has 0 aliphatic carbocycles. The summed E-state index contributed by atoms with van der Waals surface area (Å²) in [6.45, 7) is 2.39. The Bertz CT molecular complexity index is 1140. The summed E-state index contributed by atoms with van der Waals surface area (Å²) in [5, 5.41) is 11.2. The molecule has 0 unspecified atom stereocenters. The van der Waals surface area contributed by atoms with Crippen molar-refractivity contribution in [1.29, 1.82) is 0 Å². The van der Waals surface area contributed by atoms with E-state index >= 15 is 0 Å². The maximum Gasteiger partial charge on any atom is 0.322 e. The lowest BCUT2D eigenvalue weighted by atomic mass is 10.2. The molecule has 2 heterocycles. The minimum Gasteiger partial charge on any atom is -0.490 e. The van der Waals surface area contributed by atoms with Crippen molar-refractivity contribution in [2.45, 2.75) is 11.8 Å². The summed E-state index contributed by atoms with van der Waals surface area (Å²) < 4.78 is 16.8. The largest absolute Gasteiger partial charge is 0.490 e. The average Bonchev–Trinajstić information content (AvgIpc) is 3.36. The van der Waals surface area contributed by atoms with Crippen LogP contribution in [0.15, 0.2) is 62.3 Å². The van der Waals surface area contributed by atoms with E-state index in [0.717, 1.165) is 15.8 Å². The lowest BCUT2D eigenvalue weighted by Gasteiger charge is -2.02. The van der Waals surface area contributed by atoms with Crippen molar-refractivity contribution in [3.8, 4) is 17.2 Å². The number of carbonyl (C=O) groups is 1. The SMILES string of the molecule is CCOc1cccc2cc(C(=O)Nc3nnc(-c4cccc(SC)c4)o3)oc12. The molecule has 0 bridgehead atoms. The Morgan fingerprint density at radius 2 is 2.00 bits per heavy atom. The van der Waals surface area contributed by atoms with Gasteiger partial charge in [0.15, 0.2) is 17.1 Å². The van der Waals surface area contributed by atoms with Crippen LogP contribution < -0.4 is 10.1 Å². The van der Waals surface area contributed by atoms with Gasteiger partial charge in [-0.2, -0.15) is 0 Å². The van der Waals surface area contributed by atoms with Crippen LogP contribution >= 0.6 is 11.8 Å². The normalized spacial score (nSPS) is 10.9. The highest BCUT2D eigenvalue weighted by Gasteiger charge is 2.18. The number of thioether (sulfide) groups is 1. The van der Waals surface area contributed by atoms with Gasteiger partial charge in [0.05, 0.1) is 6.61 Å². The number of para-hydroxylation sites is 1. The first-order chi connectivity index (χ1) is 13.7. The molecule has 1 amide bonds. The van der Waals surface area contributed by atoms with Crippen molar-refractivity contribution < 1.29 is 18.4 Å². The molecule has 7 nitrogen and oxygen atoms in total. The van der Waals surface area contributed by atoms with Crippen LogP contribution in [-0.2, 0) is 0 Å². The number of carbonyl (C=O) groups excluding carboxylic acids is 1. The second kappa shape index (κ2) is 7.77. The van der Waals surface area contributed by atoms with E-state index < -0.39 is 5.91 Å². The summed E-state index contributed by atoms with van der Waals surface area (Å²) in [5.74, 6) is 0.570. The maximum atomic E-state index is 12.5. The van der Waals surface area contributed by atoms with Gasteiger partial charge in [-0.1, -0.05) is 23.3 Å². The predicted octanol–water partition coefficient (Wildman–Crippen LogP) is 4.86. The molecule has 0 aliphatic heterocycles. The second-order valence-electron chi connectivity index (χ2n) is 5.82. The van der Waals surface area contributed by atoms with Crippen molar-refractivity contribution in [1.82, 2.24) is 10.2 Å². The second-order valence-corrected chi connectivity index (χ2v) is 6.70. The molecular weight excluding hydrogens is 378 g/mol. The van der Waals surface area contributed by atoms with Crippen LogP contribution in [0.4, 0.5) is 6.01 Å². The fourth-order valence-electron chi connectivity index (χ4n) is 2.72. The number of hydrogen-bond donors (Lipinski definition) is 1. The molecule has 142 valence electrons. The molecule has 0 fully saturated rings. The lowest BCUT2D eigenvalue weighted by Crippen LogP contribution is -2.10. The summed E-state index contributed by atoms with van der Waals surface area (Å²) in [5.41, 5.74) is 1.31. The van der Waals surface area contributed by atoms with E-state index in [1.54, 1.807) is 23.9 Å². The van der Waals surface area contributed by atoms with Crippen LogP contribution in [0.25, 0.3) is 22.4 Å². The first kappa shape index (κ1) is 18.1. The van der Waals surface area contributed by atoms with Crippen LogP contribution in [0, 0.1) is 0 Å². The number of anilines is 1. The molecule has 4 rings (SSSR count). The summed E-state index contributed by atoms with van der Waals surface area (Å²) in [7, 11) is 0. The van der Waals surface area contributed by atoms with Crippen molar-refractivity contribution in [2.24, 2.45) is 0 Å². The monoisotopic (exact) mass is 395 g/mol. The molecule has 0 aliphatic rings. The molecule has 28 heavy (non-hydrogen) atoms. The molecule has 0 saturated heterocycles. The van der Waals surface area contributed by atoms with Crippen molar-refractivity contribution in [3.05, 3.63) is 54.3 Å². The first-order valence-corrected chi connectivity index (χ1v) is 9.85. The Hall–Kier alpha value is -3.26. The summed E-state index contributed by atoms with van der Waals surface area (Å²) in [6, 6.07) is 14.8. The third kappa shape index (κ3) is 3.59. The van der Waals surface area contributed by atoms with Crippen molar-refractivity contribution in [2.75, 3.05) is 18.2 Å². The Labute approximate surface area is 165 Å². The van der Waals surface area contributed by atoms with E-state index in [1.165, 1.54) is 0 Å². The summed E-state index contributed by atoms with van der Waals surface area (Å²) in [6.07, 6.45) is 1.99. The highest BCUT2D eigenvalue weighted by molar-refractivity contribution is 7.98. The Morgan fingerprint density at radius 1 is 1.14 bits per heavy atom. The maximum absolute atomic E-state index is 12.5. The van der Waals surface area contributed by atoms with Crippen LogP contribution in [0.1, 0.15) is 17.5 Å². The van der Waals surface area contributed by atoms with Gasteiger partial charge in [0.25, 0.3) is 5.91 Å². The van der Waals surface area contributed by atoms with E-state index in [2.05, 4.69) is 15.5 Å². The van der Waals surface area contributed by atoms with Crippen LogP contribution in [0.3, 0.4) is 0 Å². The van der Waals surface area contributed by atoms with E-state index in [1.807, 2.05) is 49.6 Å². The Kier molecular flexibility index (Phi) is 5.03. The number of amides is 1. The van der Waals surface area contributed by atoms with E-state index in [0.29, 0.717) is 23.8 Å². The quantitative estimate of drug-likeness (QED) is 0.466. The van der Waals surface area contributed by atoms with Gasteiger partial charge in [-0.25, -0.2) is 0 Å². The Balaban J connectivity index is 1.55. The molecule has 1 N–H and O–H groups in total. The molecule has 0 radical (unpaired) electrons. The predicted molar refractivity (Wildman–Crippen MR) is 107 cm³/mol.